The molecular weight excluding hydrogens is 392 g/mol. The molecule has 0 atom stereocenters. The molecule has 1 aliphatic heterocycles. The number of methoxy groups -OCH3 is 2. The molecule has 1 saturated heterocycles. The minimum absolute atomic E-state index is 0.00751. The van der Waals surface area contributed by atoms with Crippen molar-refractivity contribution >= 4 is 23.4 Å². The zero-order chi connectivity index (χ0) is 20.8. The van der Waals surface area contributed by atoms with E-state index in [4.69, 9.17) is 21.1 Å². The Morgan fingerprint density at radius 2 is 1.66 bits per heavy atom. The van der Waals surface area contributed by atoms with Crippen molar-refractivity contribution in [2.24, 2.45) is 5.92 Å². The van der Waals surface area contributed by atoms with E-state index in [-0.39, 0.29) is 17.7 Å². The van der Waals surface area contributed by atoms with Gasteiger partial charge in [0.25, 0.3) is 5.91 Å². The van der Waals surface area contributed by atoms with Crippen LogP contribution >= 0.6 is 11.6 Å². The van der Waals surface area contributed by atoms with Gasteiger partial charge in [0.1, 0.15) is 17.1 Å². The van der Waals surface area contributed by atoms with E-state index in [1.54, 1.807) is 29.2 Å². The first kappa shape index (κ1) is 21.0. The second-order valence-corrected chi connectivity index (χ2v) is 7.32. The van der Waals surface area contributed by atoms with E-state index in [1.807, 2.05) is 18.2 Å². The van der Waals surface area contributed by atoms with Gasteiger partial charge < -0.3 is 19.7 Å². The molecule has 29 heavy (non-hydrogen) atoms. The summed E-state index contributed by atoms with van der Waals surface area (Å²) >= 11 is 6.14. The largest absolute Gasteiger partial charge is 0.496 e. The molecule has 2 aromatic rings. The molecule has 154 valence electrons. The molecule has 1 aliphatic rings. The van der Waals surface area contributed by atoms with Gasteiger partial charge in [-0.2, -0.15) is 0 Å². The third kappa shape index (κ3) is 4.82. The average molecular weight is 417 g/mol. The van der Waals surface area contributed by atoms with E-state index < -0.39 is 0 Å². The van der Waals surface area contributed by atoms with E-state index in [0.717, 1.165) is 5.56 Å². The average Bonchev–Trinajstić information content (AvgIpc) is 2.77. The molecule has 2 amide bonds. The third-order valence-corrected chi connectivity index (χ3v) is 5.57. The molecule has 6 nitrogen and oxygen atoms in total. The first-order valence-corrected chi connectivity index (χ1v) is 9.94. The fourth-order valence-corrected chi connectivity index (χ4v) is 3.74. The molecule has 1 N–H and O–H groups in total. The second kappa shape index (κ2) is 9.65. The summed E-state index contributed by atoms with van der Waals surface area (Å²) in [5.41, 5.74) is 1.30. The highest BCUT2D eigenvalue weighted by molar-refractivity contribution is 6.31. The van der Waals surface area contributed by atoms with Crippen LogP contribution in [0.1, 0.15) is 28.8 Å². The zero-order valence-corrected chi connectivity index (χ0v) is 17.4. The molecule has 0 unspecified atom stereocenters. The van der Waals surface area contributed by atoms with E-state index >= 15 is 0 Å². The lowest BCUT2D eigenvalue weighted by molar-refractivity contribution is -0.126. The van der Waals surface area contributed by atoms with Gasteiger partial charge in [-0.1, -0.05) is 35.9 Å². The quantitative estimate of drug-likeness (QED) is 0.782. The lowest BCUT2D eigenvalue weighted by Gasteiger charge is -2.32. The molecule has 3 rings (SSSR count). The molecule has 0 spiro atoms. The summed E-state index contributed by atoms with van der Waals surface area (Å²) in [5.74, 6) is 0.685. The number of likely N-dealkylation sites (tertiary alicyclic amines) is 1. The minimum Gasteiger partial charge on any atom is -0.496 e. The van der Waals surface area contributed by atoms with Crippen LogP contribution in [0.3, 0.4) is 0 Å². The highest BCUT2D eigenvalue weighted by atomic mass is 35.5. The Balaban J connectivity index is 1.58. The standard InChI is InChI=1S/C22H25ClN2O4/c1-28-18-8-5-9-19(29-2)20(18)22(27)25-12-10-15(11-13-25)21(26)24-14-16-6-3-4-7-17(16)23/h3-9,15H,10-14H2,1-2H3,(H,24,26). The molecular formula is C22H25ClN2O4. The second-order valence-electron chi connectivity index (χ2n) is 6.91. The molecule has 0 aromatic heterocycles. The highest BCUT2D eigenvalue weighted by Crippen LogP contribution is 2.31. The number of halogens is 1. The predicted molar refractivity (Wildman–Crippen MR) is 111 cm³/mol. The van der Waals surface area contributed by atoms with Gasteiger partial charge in [0.2, 0.25) is 5.91 Å². The van der Waals surface area contributed by atoms with Crippen LogP contribution in [0.2, 0.25) is 5.02 Å². The Morgan fingerprint density at radius 1 is 1.03 bits per heavy atom. The topological polar surface area (TPSA) is 67.9 Å². The van der Waals surface area contributed by atoms with Crippen molar-refractivity contribution in [1.29, 1.82) is 0 Å². The van der Waals surface area contributed by atoms with Crippen LogP contribution in [0.4, 0.5) is 0 Å². The van der Waals surface area contributed by atoms with Crippen molar-refractivity contribution in [2.75, 3.05) is 27.3 Å². The Kier molecular flexibility index (Phi) is 6.99. The van der Waals surface area contributed by atoms with Gasteiger partial charge in [-0.25, -0.2) is 0 Å². The summed E-state index contributed by atoms with van der Waals surface area (Å²) in [6.45, 7) is 1.41. The number of carbonyl (C=O) groups excluding carboxylic acids is 2. The Hall–Kier alpha value is -2.73. The summed E-state index contributed by atoms with van der Waals surface area (Å²) in [6.07, 6.45) is 1.22. The van der Waals surface area contributed by atoms with Gasteiger partial charge in [0.15, 0.2) is 0 Å². The number of rotatable bonds is 6. The first-order valence-electron chi connectivity index (χ1n) is 9.56. The molecule has 1 heterocycles. The monoisotopic (exact) mass is 416 g/mol. The summed E-state index contributed by atoms with van der Waals surface area (Å²) in [4.78, 5) is 27.3. The van der Waals surface area contributed by atoms with Crippen LogP contribution in [0.15, 0.2) is 42.5 Å². The van der Waals surface area contributed by atoms with Crippen LogP contribution in [0, 0.1) is 5.92 Å². The van der Waals surface area contributed by atoms with Gasteiger partial charge in [-0.15, -0.1) is 0 Å². The van der Waals surface area contributed by atoms with Gasteiger partial charge in [-0.05, 0) is 36.6 Å². The molecule has 0 saturated carbocycles. The molecule has 0 aliphatic carbocycles. The predicted octanol–water partition coefficient (Wildman–Crippen LogP) is 3.53. The van der Waals surface area contributed by atoms with E-state index in [2.05, 4.69) is 5.32 Å². The normalized spacial score (nSPS) is 14.4. The molecule has 0 radical (unpaired) electrons. The maximum Gasteiger partial charge on any atom is 0.261 e. The first-order chi connectivity index (χ1) is 14.0. The summed E-state index contributed by atoms with van der Waals surface area (Å²) in [5, 5.41) is 3.59. The lowest BCUT2D eigenvalue weighted by atomic mass is 9.95. The minimum atomic E-state index is -0.144. The van der Waals surface area contributed by atoms with E-state index in [9.17, 15) is 9.59 Å². The van der Waals surface area contributed by atoms with Crippen LogP contribution < -0.4 is 14.8 Å². The number of nitrogens with zero attached hydrogens (tertiary/aromatic N) is 1. The van der Waals surface area contributed by atoms with Crippen molar-refractivity contribution in [3.63, 3.8) is 0 Å². The number of piperidine rings is 1. The fraction of sp³-hybridized carbons (Fsp3) is 0.364. The van der Waals surface area contributed by atoms with Gasteiger partial charge in [0, 0.05) is 30.6 Å². The third-order valence-electron chi connectivity index (χ3n) is 5.21. The van der Waals surface area contributed by atoms with Gasteiger partial charge >= 0.3 is 0 Å². The number of carbonyl (C=O) groups is 2. The van der Waals surface area contributed by atoms with Crippen molar-refractivity contribution < 1.29 is 19.1 Å². The molecule has 0 bridgehead atoms. The van der Waals surface area contributed by atoms with Crippen molar-refractivity contribution in [2.45, 2.75) is 19.4 Å². The maximum absolute atomic E-state index is 13.0. The number of hydrogen-bond acceptors (Lipinski definition) is 4. The number of amides is 2. The summed E-state index contributed by atoms with van der Waals surface area (Å²) in [7, 11) is 3.06. The summed E-state index contributed by atoms with van der Waals surface area (Å²) < 4.78 is 10.7. The number of hydrogen-bond donors (Lipinski definition) is 1. The van der Waals surface area contributed by atoms with Crippen LogP contribution in [0.25, 0.3) is 0 Å². The Bertz CT molecular complexity index is 857. The van der Waals surface area contributed by atoms with Crippen LogP contribution in [-0.4, -0.2) is 44.0 Å². The van der Waals surface area contributed by atoms with Crippen molar-refractivity contribution in [3.05, 3.63) is 58.6 Å². The highest BCUT2D eigenvalue weighted by Gasteiger charge is 2.30. The van der Waals surface area contributed by atoms with Crippen LogP contribution in [-0.2, 0) is 11.3 Å². The van der Waals surface area contributed by atoms with Gasteiger partial charge in [0.05, 0.1) is 14.2 Å². The Labute approximate surface area is 175 Å². The summed E-state index contributed by atoms with van der Waals surface area (Å²) in [6, 6.07) is 12.7. The maximum atomic E-state index is 13.0. The number of nitrogens with one attached hydrogen (secondary N) is 1. The molecule has 2 aromatic carbocycles. The number of ether oxygens (including phenoxy) is 2. The van der Waals surface area contributed by atoms with Crippen molar-refractivity contribution in [1.82, 2.24) is 10.2 Å². The zero-order valence-electron chi connectivity index (χ0n) is 16.6. The van der Waals surface area contributed by atoms with E-state index in [0.29, 0.717) is 54.6 Å². The Morgan fingerprint density at radius 3 is 2.24 bits per heavy atom. The smallest absolute Gasteiger partial charge is 0.261 e. The lowest BCUT2D eigenvalue weighted by Crippen LogP contribution is -2.43. The van der Waals surface area contributed by atoms with Crippen molar-refractivity contribution in [3.8, 4) is 11.5 Å². The molecule has 1 fully saturated rings. The fourth-order valence-electron chi connectivity index (χ4n) is 3.53. The van der Waals surface area contributed by atoms with E-state index in [1.165, 1.54) is 14.2 Å². The van der Waals surface area contributed by atoms with Crippen LogP contribution in [0.5, 0.6) is 11.5 Å². The number of benzene rings is 2. The molecule has 7 heteroatoms. The van der Waals surface area contributed by atoms with Gasteiger partial charge in [-0.3, -0.25) is 9.59 Å². The SMILES string of the molecule is COc1cccc(OC)c1C(=O)N1CCC(C(=O)NCc2ccccc2Cl)CC1.